The van der Waals surface area contributed by atoms with Crippen LogP contribution < -0.4 is 5.32 Å². The van der Waals surface area contributed by atoms with Crippen molar-refractivity contribution in [3.63, 3.8) is 0 Å². The monoisotopic (exact) mass is 219 g/mol. The first-order chi connectivity index (χ1) is 7.16. The van der Waals surface area contributed by atoms with Gasteiger partial charge < -0.3 is 19.9 Å². The van der Waals surface area contributed by atoms with E-state index >= 15 is 0 Å². The zero-order valence-corrected chi connectivity index (χ0v) is 10.2. The second-order valence-electron chi connectivity index (χ2n) is 3.99. The van der Waals surface area contributed by atoms with E-state index in [2.05, 4.69) is 19.2 Å². The molecule has 0 rings (SSSR count). The van der Waals surface area contributed by atoms with Gasteiger partial charge in [0.2, 0.25) is 0 Å². The molecule has 4 nitrogen and oxygen atoms in total. The smallest absolute Gasteiger partial charge is 0.0897 e. The summed E-state index contributed by atoms with van der Waals surface area (Å²) in [7, 11) is 0. The van der Waals surface area contributed by atoms with E-state index in [0.29, 0.717) is 32.3 Å². The number of rotatable bonds is 10. The van der Waals surface area contributed by atoms with Crippen LogP contribution in [0.3, 0.4) is 0 Å². The van der Waals surface area contributed by atoms with Crippen molar-refractivity contribution in [3.8, 4) is 0 Å². The number of nitrogens with one attached hydrogen (secondary N) is 1. The zero-order chi connectivity index (χ0) is 11.5. The SMILES string of the molecule is CCOCC(O)CNCCOCC(C)C. The molecule has 0 aliphatic rings. The molecule has 0 aromatic rings. The Kier molecular flexibility index (Phi) is 10.3. The lowest BCUT2D eigenvalue weighted by atomic mass is 10.2. The molecule has 0 aliphatic heterocycles. The fourth-order valence-corrected chi connectivity index (χ4v) is 1.04. The van der Waals surface area contributed by atoms with Gasteiger partial charge in [0, 0.05) is 26.3 Å². The lowest BCUT2D eigenvalue weighted by molar-refractivity contribution is 0.0409. The maximum Gasteiger partial charge on any atom is 0.0897 e. The Morgan fingerprint density at radius 3 is 2.53 bits per heavy atom. The van der Waals surface area contributed by atoms with E-state index in [0.717, 1.165) is 13.2 Å². The van der Waals surface area contributed by atoms with Crippen LogP contribution in [0, 0.1) is 5.92 Å². The maximum atomic E-state index is 9.40. The Morgan fingerprint density at radius 2 is 1.93 bits per heavy atom. The predicted octanol–water partition coefficient (Wildman–Crippen LogP) is 0.646. The topological polar surface area (TPSA) is 50.7 Å². The average molecular weight is 219 g/mol. The third-order valence-corrected chi connectivity index (χ3v) is 1.77. The standard InChI is InChI=1S/C11H25NO3/c1-4-14-9-11(13)7-12-5-6-15-8-10(2)3/h10-13H,4-9H2,1-3H3. The predicted molar refractivity (Wildman–Crippen MR) is 61.0 cm³/mol. The Balaban J connectivity index is 3.09. The summed E-state index contributed by atoms with van der Waals surface area (Å²) in [5, 5.41) is 12.5. The van der Waals surface area contributed by atoms with Crippen LogP contribution in [0.4, 0.5) is 0 Å². The molecule has 1 unspecified atom stereocenters. The molecule has 15 heavy (non-hydrogen) atoms. The van der Waals surface area contributed by atoms with Crippen molar-refractivity contribution < 1.29 is 14.6 Å². The second-order valence-corrected chi connectivity index (χ2v) is 3.99. The second kappa shape index (κ2) is 10.4. The summed E-state index contributed by atoms with van der Waals surface area (Å²) in [5.41, 5.74) is 0. The molecule has 0 fully saturated rings. The maximum absolute atomic E-state index is 9.40. The van der Waals surface area contributed by atoms with Crippen molar-refractivity contribution in [1.82, 2.24) is 5.32 Å². The van der Waals surface area contributed by atoms with Crippen molar-refractivity contribution in [2.24, 2.45) is 5.92 Å². The van der Waals surface area contributed by atoms with Gasteiger partial charge in [-0.15, -0.1) is 0 Å². The van der Waals surface area contributed by atoms with Crippen molar-refractivity contribution in [2.45, 2.75) is 26.9 Å². The van der Waals surface area contributed by atoms with Gasteiger partial charge in [0.1, 0.15) is 0 Å². The van der Waals surface area contributed by atoms with Crippen molar-refractivity contribution >= 4 is 0 Å². The van der Waals surface area contributed by atoms with E-state index in [4.69, 9.17) is 9.47 Å². The molecule has 4 heteroatoms. The van der Waals surface area contributed by atoms with Gasteiger partial charge in [-0.1, -0.05) is 13.8 Å². The molecule has 0 saturated carbocycles. The third-order valence-electron chi connectivity index (χ3n) is 1.77. The van der Waals surface area contributed by atoms with Gasteiger partial charge in [-0.3, -0.25) is 0 Å². The van der Waals surface area contributed by atoms with Crippen molar-refractivity contribution in [1.29, 1.82) is 0 Å². The minimum Gasteiger partial charge on any atom is -0.389 e. The quantitative estimate of drug-likeness (QED) is 0.530. The van der Waals surface area contributed by atoms with Gasteiger partial charge in [0.25, 0.3) is 0 Å². The molecular formula is C11H25NO3. The van der Waals surface area contributed by atoms with E-state index < -0.39 is 6.10 Å². The van der Waals surface area contributed by atoms with Gasteiger partial charge in [-0.2, -0.15) is 0 Å². The largest absolute Gasteiger partial charge is 0.389 e. The van der Waals surface area contributed by atoms with Crippen LogP contribution in [-0.4, -0.2) is 50.7 Å². The number of hydrogen-bond donors (Lipinski definition) is 2. The van der Waals surface area contributed by atoms with Crippen LogP contribution in [0.15, 0.2) is 0 Å². The highest BCUT2D eigenvalue weighted by Crippen LogP contribution is 1.91. The van der Waals surface area contributed by atoms with Crippen molar-refractivity contribution in [2.75, 3.05) is 39.5 Å². The Morgan fingerprint density at radius 1 is 1.20 bits per heavy atom. The molecule has 0 bridgehead atoms. The summed E-state index contributed by atoms with van der Waals surface area (Å²) in [6.07, 6.45) is -0.421. The average Bonchev–Trinajstić information content (AvgIpc) is 2.19. The van der Waals surface area contributed by atoms with Crippen LogP contribution in [0.2, 0.25) is 0 Å². The van der Waals surface area contributed by atoms with Crippen LogP contribution in [0.1, 0.15) is 20.8 Å². The number of ether oxygens (including phenoxy) is 2. The summed E-state index contributed by atoms with van der Waals surface area (Å²) >= 11 is 0. The Hall–Kier alpha value is -0.160. The van der Waals surface area contributed by atoms with Crippen molar-refractivity contribution in [3.05, 3.63) is 0 Å². The molecule has 0 radical (unpaired) electrons. The van der Waals surface area contributed by atoms with Gasteiger partial charge >= 0.3 is 0 Å². The summed E-state index contributed by atoms with van der Waals surface area (Å²) in [6.45, 7) is 10.0. The molecule has 92 valence electrons. The Labute approximate surface area is 93.0 Å². The van der Waals surface area contributed by atoms with Gasteiger partial charge in [0.15, 0.2) is 0 Å². The van der Waals surface area contributed by atoms with E-state index in [9.17, 15) is 5.11 Å². The first-order valence-corrected chi connectivity index (χ1v) is 5.71. The fraction of sp³-hybridized carbons (Fsp3) is 1.00. The molecule has 0 aromatic carbocycles. The lowest BCUT2D eigenvalue weighted by Crippen LogP contribution is -2.32. The highest BCUT2D eigenvalue weighted by atomic mass is 16.5. The van der Waals surface area contributed by atoms with Gasteiger partial charge in [0.05, 0.1) is 19.3 Å². The van der Waals surface area contributed by atoms with Gasteiger partial charge in [-0.25, -0.2) is 0 Å². The van der Waals surface area contributed by atoms with E-state index in [-0.39, 0.29) is 0 Å². The first-order valence-electron chi connectivity index (χ1n) is 5.71. The van der Waals surface area contributed by atoms with Crippen LogP contribution in [-0.2, 0) is 9.47 Å². The van der Waals surface area contributed by atoms with E-state index in [1.807, 2.05) is 6.92 Å². The highest BCUT2D eigenvalue weighted by Gasteiger charge is 2.02. The minimum atomic E-state index is -0.421. The van der Waals surface area contributed by atoms with Crippen LogP contribution in [0.5, 0.6) is 0 Å². The van der Waals surface area contributed by atoms with Crippen LogP contribution in [0.25, 0.3) is 0 Å². The molecule has 1 atom stereocenters. The molecule has 2 N–H and O–H groups in total. The molecule has 0 aliphatic carbocycles. The summed E-state index contributed by atoms with van der Waals surface area (Å²) in [6, 6.07) is 0. The zero-order valence-electron chi connectivity index (χ0n) is 10.2. The molecule has 0 saturated heterocycles. The van der Waals surface area contributed by atoms with Gasteiger partial charge in [-0.05, 0) is 12.8 Å². The molecule has 0 heterocycles. The summed E-state index contributed by atoms with van der Waals surface area (Å²) in [5.74, 6) is 0.577. The highest BCUT2D eigenvalue weighted by molar-refractivity contribution is 4.57. The molecule has 0 spiro atoms. The fourth-order valence-electron chi connectivity index (χ4n) is 1.04. The third kappa shape index (κ3) is 11.8. The van der Waals surface area contributed by atoms with E-state index in [1.54, 1.807) is 0 Å². The number of aliphatic hydroxyl groups excluding tert-OH is 1. The first kappa shape index (κ1) is 14.8. The van der Waals surface area contributed by atoms with E-state index in [1.165, 1.54) is 0 Å². The minimum absolute atomic E-state index is 0.399. The molecule has 0 amide bonds. The molecular weight excluding hydrogens is 194 g/mol. The Bertz CT molecular complexity index is 131. The van der Waals surface area contributed by atoms with Crippen LogP contribution >= 0.6 is 0 Å². The summed E-state index contributed by atoms with van der Waals surface area (Å²) in [4.78, 5) is 0. The lowest BCUT2D eigenvalue weighted by Gasteiger charge is -2.12. The summed E-state index contributed by atoms with van der Waals surface area (Å²) < 4.78 is 10.5. The number of hydrogen-bond acceptors (Lipinski definition) is 4. The molecule has 0 aromatic heterocycles. The normalized spacial score (nSPS) is 13.4. The number of aliphatic hydroxyl groups is 1.